The number of H-pyrrole nitrogens is 4. The van der Waals surface area contributed by atoms with E-state index < -0.39 is 14.5 Å². The van der Waals surface area contributed by atoms with Gasteiger partial charge < -0.3 is 120 Å². The Balaban J connectivity index is 0.000000231. The van der Waals surface area contributed by atoms with Gasteiger partial charge in [-0.2, -0.15) is 10.5 Å². The van der Waals surface area contributed by atoms with E-state index in [1.807, 2.05) is 194 Å². The van der Waals surface area contributed by atoms with Crippen molar-refractivity contribution in [2.45, 2.75) is 13.8 Å². The quantitative estimate of drug-likeness (QED) is 0.0811. The van der Waals surface area contributed by atoms with Crippen LogP contribution in [0.2, 0.25) is 0 Å². The summed E-state index contributed by atoms with van der Waals surface area (Å²) >= 11 is 0. The highest BCUT2D eigenvalue weighted by Crippen LogP contribution is 2.35. The number of esters is 2. The first-order chi connectivity index (χ1) is 65.2. The topological polar surface area (TPSA) is 308 Å². The lowest BCUT2D eigenvalue weighted by molar-refractivity contribution is -0.349. The number of nitriles is 2. The number of fused-ring (bicyclic) bond motifs is 4. The first-order valence-corrected chi connectivity index (χ1v) is 42.5. The Kier molecular flexibility index (Phi) is 50.6. The number of halogens is 8. The second-order valence-corrected chi connectivity index (χ2v) is 27.3. The Morgan fingerprint density at radius 2 is 0.433 bits per heavy atom. The van der Waals surface area contributed by atoms with Gasteiger partial charge in [0.15, 0.2) is 68.8 Å². The van der Waals surface area contributed by atoms with Crippen LogP contribution >= 0.6 is 0 Å². The number of nitrogens with one attached hydrogen (secondary N) is 4. The number of para-hydroxylation sites is 8. The van der Waals surface area contributed by atoms with E-state index in [1.165, 1.54) is 28.1 Å². The fourth-order valence-corrected chi connectivity index (χ4v) is 11.9. The zero-order valence-corrected chi connectivity index (χ0v) is 74.6. The molecule has 0 saturated carbocycles. The van der Waals surface area contributed by atoms with Crippen LogP contribution in [0, 0.1) is 22.7 Å². The number of benzene rings is 10. The average molecular weight is 1860 g/mol. The van der Waals surface area contributed by atoms with Crippen molar-refractivity contribution in [3.05, 3.63) is 278 Å². The molecule has 0 atom stereocenters. The van der Waals surface area contributed by atoms with Crippen LogP contribution in [0.1, 0.15) is 34.6 Å². The Morgan fingerprint density at radius 3 is 0.612 bits per heavy atom. The monoisotopic (exact) mass is 1860 g/mol. The van der Waals surface area contributed by atoms with Crippen molar-refractivity contribution in [2.75, 3.05) is 173 Å². The van der Waals surface area contributed by atoms with Gasteiger partial charge in [0, 0.05) is 36.1 Å². The lowest BCUT2D eigenvalue weighted by atomic mass is 10.1. The van der Waals surface area contributed by atoms with Gasteiger partial charge in [-0.1, -0.05) is 170 Å². The molecule has 0 amide bonds. The normalized spacial score (nSPS) is 14.0. The van der Waals surface area contributed by atoms with Crippen LogP contribution in [0.15, 0.2) is 267 Å². The van der Waals surface area contributed by atoms with Crippen molar-refractivity contribution in [3.8, 4) is 126 Å². The number of ether oxygens (including phenoxy) is 18. The number of hydrogen-bond acceptors (Lipinski definition) is 22. The first kappa shape index (κ1) is 107. The summed E-state index contributed by atoms with van der Waals surface area (Å²) < 4.78 is 178. The van der Waals surface area contributed by atoms with E-state index in [9.17, 15) is 44.1 Å². The molecule has 2 aliphatic rings. The van der Waals surface area contributed by atoms with Gasteiger partial charge in [-0.05, 0) is 97.1 Å². The molecule has 14 rings (SSSR count). The van der Waals surface area contributed by atoms with Crippen molar-refractivity contribution < 1.29 is 139 Å². The maximum Gasteiger partial charge on any atom is 0.673 e. The highest BCUT2D eigenvalue weighted by Gasteiger charge is 2.26. The van der Waals surface area contributed by atoms with Crippen molar-refractivity contribution in [1.29, 1.82) is 10.5 Å². The number of nitrogens with zero attached hydrogens (tertiary/aromatic N) is 2. The number of methoxy groups -OCH3 is 2. The van der Waals surface area contributed by atoms with Crippen LogP contribution in [-0.2, 0) is 47.4 Å². The number of imidazole rings is 2. The second-order valence-electron chi connectivity index (χ2n) is 27.3. The summed E-state index contributed by atoms with van der Waals surface area (Å²) in [5, 5.41) is 14.6. The molecule has 2 aromatic heterocycles. The lowest BCUT2D eigenvalue weighted by Crippen LogP contribution is -2.15. The van der Waals surface area contributed by atoms with Crippen molar-refractivity contribution in [3.63, 3.8) is 0 Å². The SMILES string of the molecule is CC#N.CC#N.COC(=O)c1ccc(-c2[nH]c(-c3ccccc3)c(-c3ccccc3)[nH+]2)cc1.COC(=O)c1ccc(-c2[nH]c(-c3ccccc3)c(-c3ccccc3)[nH+]2)cc1.F[B-](F)(F)F.F[B-](F)(F)F.c1ccc2c(c1)OCCOCCOCCOc1ccccc1OCCOCCOCCO2.c1ccc2c(c1)OCCOCCOCCOc1ccccc1OCCOCCOCCO2. The van der Waals surface area contributed by atoms with Crippen molar-refractivity contribution in [2.24, 2.45) is 0 Å². The molecule has 0 saturated heterocycles. The van der Waals surface area contributed by atoms with Crippen LogP contribution in [0.4, 0.5) is 34.5 Å². The summed E-state index contributed by atoms with van der Waals surface area (Å²) in [4.78, 5) is 37.3. The molecule has 712 valence electrons. The smallest absolute Gasteiger partial charge is 0.487 e. The molecular weight excluding hydrogens is 1750 g/mol. The summed E-state index contributed by atoms with van der Waals surface area (Å²) in [5.74, 6) is 6.54. The zero-order valence-electron chi connectivity index (χ0n) is 74.6. The Labute approximate surface area is 773 Å². The highest BCUT2D eigenvalue weighted by atomic mass is 19.5. The first-order valence-electron chi connectivity index (χ1n) is 42.5. The molecular formula is C98H108B2F8N6O20. The Bertz CT molecular complexity index is 4620. The number of aromatic amines is 4. The third-order valence-corrected chi connectivity index (χ3v) is 17.7. The highest BCUT2D eigenvalue weighted by molar-refractivity contribution is 6.50. The van der Waals surface area contributed by atoms with Gasteiger partial charge >= 0.3 is 26.4 Å². The minimum Gasteiger partial charge on any atom is -0.487 e. The molecule has 0 unspecified atom stereocenters. The molecule has 0 aliphatic carbocycles. The number of carbonyl (C=O) groups excluding carboxylic acids is 2. The molecule has 0 radical (unpaired) electrons. The predicted molar refractivity (Wildman–Crippen MR) is 489 cm³/mol. The molecule has 134 heavy (non-hydrogen) atoms. The maximum atomic E-state index is 11.7. The van der Waals surface area contributed by atoms with E-state index in [0.717, 1.165) is 67.8 Å². The second kappa shape index (κ2) is 63.3. The summed E-state index contributed by atoms with van der Waals surface area (Å²) in [5.41, 5.74) is 11.5. The van der Waals surface area contributed by atoms with Gasteiger partial charge in [-0.15, -0.1) is 0 Å². The number of carbonyl (C=O) groups is 2. The standard InChI is InChI=1S/2C24H32O8.2C23H18N2O2.2C2H3N.2BF4/c2*1-2-6-22-21(5-1)29-17-13-25-9-10-27-15-19-31-23-7-3-4-8-24(23)32-20-16-28-12-11-26-14-18-30-22;2*1-27-23(26)19-14-12-18(13-15-19)22-24-20(16-8-4-2-5-9-16)21(25-22)17-10-6-3-7-11-17;2*1-2-3;2*2-1(3,4)5/h2*1-8H,9-20H2;2*2-15H,1H3,(H,24,25);2*1H3;;/q;;;;;;2*-1/p+2. The van der Waals surface area contributed by atoms with Gasteiger partial charge in [-0.3, -0.25) is 0 Å². The number of rotatable bonds is 8. The Morgan fingerprint density at radius 1 is 0.269 bits per heavy atom. The van der Waals surface area contributed by atoms with E-state index in [-0.39, 0.29) is 11.9 Å². The molecule has 0 spiro atoms. The van der Waals surface area contributed by atoms with Gasteiger partial charge in [0.1, 0.15) is 52.9 Å². The van der Waals surface area contributed by atoms with Gasteiger partial charge in [0.05, 0.1) is 154 Å². The minimum absolute atomic E-state index is 0.341. The van der Waals surface area contributed by atoms with Crippen molar-refractivity contribution >= 4 is 26.4 Å². The average Bonchev–Trinajstić information content (AvgIpc) is 1.65. The molecule has 0 fully saturated rings. The molecule has 12 aromatic rings. The van der Waals surface area contributed by atoms with Gasteiger partial charge in [0.25, 0.3) is 11.6 Å². The minimum atomic E-state index is -6.00. The van der Waals surface area contributed by atoms with E-state index in [4.69, 9.17) is 95.8 Å². The molecule has 36 heteroatoms. The molecule has 0 bridgehead atoms. The molecule has 2 aliphatic heterocycles. The predicted octanol–water partition coefficient (Wildman–Crippen LogP) is 18.9. The molecule has 4 heterocycles. The fraction of sp³-hybridized carbons (Fsp3) is 0.286. The third kappa shape index (κ3) is 43.0. The summed E-state index contributed by atoms with van der Waals surface area (Å²) in [6.07, 6.45) is 0. The van der Waals surface area contributed by atoms with Gasteiger partial charge in [0.2, 0.25) is 0 Å². The molecule has 26 nitrogen and oxygen atoms in total. The van der Waals surface area contributed by atoms with Crippen LogP contribution in [0.3, 0.4) is 0 Å². The lowest BCUT2D eigenvalue weighted by Gasteiger charge is -2.14. The maximum absolute atomic E-state index is 11.7. The third-order valence-electron chi connectivity index (χ3n) is 17.7. The van der Waals surface area contributed by atoms with Crippen LogP contribution in [-0.4, -0.2) is 209 Å². The van der Waals surface area contributed by atoms with E-state index in [0.29, 0.717) is 216 Å². The largest absolute Gasteiger partial charge is 0.673 e. The summed E-state index contributed by atoms with van der Waals surface area (Å²) in [6.45, 7) is 13.8. The number of aromatic nitrogens is 4. The molecule has 10 aromatic carbocycles. The van der Waals surface area contributed by atoms with Crippen LogP contribution < -0.4 is 47.9 Å². The van der Waals surface area contributed by atoms with Crippen molar-refractivity contribution in [1.82, 2.24) is 9.97 Å². The van der Waals surface area contributed by atoms with E-state index in [2.05, 4.69) is 68.5 Å². The van der Waals surface area contributed by atoms with Gasteiger partial charge in [-0.25, -0.2) is 29.5 Å². The van der Waals surface area contributed by atoms with E-state index >= 15 is 0 Å². The van der Waals surface area contributed by atoms with Crippen LogP contribution in [0.25, 0.3) is 67.8 Å². The fourth-order valence-electron chi connectivity index (χ4n) is 11.9. The zero-order chi connectivity index (χ0) is 95.9. The number of hydrogen-bond donors (Lipinski definition) is 2. The Hall–Kier alpha value is -13.8. The van der Waals surface area contributed by atoms with Crippen LogP contribution in [0.5, 0.6) is 46.0 Å². The molecule has 4 N–H and O–H groups in total. The summed E-state index contributed by atoms with van der Waals surface area (Å²) in [7, 11) is -9.24. The summed E-state index contributed by atoms with van der Waals surface area (Å²) in [6, 6.07) is 89.2. The van der Waals surface area contributed by atoms with E-state index in [1.54, 1.807) is 36.4 Å².